The second-order valence-electron chi connectivity index (χ2n) is 8.37. The molecule has 0 rings (SSSR count). The van der Waals surface area contributed by atoms with E-state index in [0.717, 1.165) is 10.8 Å². The molecule has 25 heavy (non-hydrogen) atoms. The number of likely N-dealkylation sites (N-methyl/N-ethyl adjacent to an activating group) is 1. The fourth-order valence-corrected chi connectivity index (χ4v) is 3.73. The van der Waals surface area contributed by atoms with Gasteiger partial charge in [0.05, 0.1) is 20.1 Å². The summed E-state index contributed by atoms with van der Waals surface area (Å²) in [5, 5.41) is 0. The molecule has 0 unspecified atom stereocenters. The topological polar surface area (TPSA) is 17.1 Å². The van der Waals surface area contributed by atoms with Crippen LogP contribution in [0.5, 0.6) is 0 Å². The third-order valence-electron chi connectivity index (χ3n) is 5.62. The summed E-state index contributed by atoms with van der Waals surface area (Å²) in [6.45, 7) is 7.62. The first-order valence-corrected chi connectivity index (χ1v) is 11.5. The van der Waals surface area contributed by atoms with E-state index >= 15 is 0 Å². The van der Waals surface area contributed by atoms with E-state index in [0.29, 0.717) is 6.54 Å². The van der Waals surface area contributed by atoms with Gasteiger partial charge in [-0.05, 0) is 25.7 Å². The minimum Gasteiger partial charge on any atom is -0.320 e. The normalized spacial score (nSPS) is 11.8. The van der Waals surface area contributed by atoms with E-state index in [1.165, 1.54) is 116 Å². The zero-order valence-corrected chi connectivity index (χ0v) is 17.9. The molecule has 0 aliphatic carbocycles. The zero-order valence-electron chi connectivity index (χ0n) is 17.9. The van der Waals surface area contributed by atoms with Gasteiger partial charge in [0.15, 0.2) is 6.29 Å². The van der Waals surface area contributed by atoms with Crippen LogP contribution in [-0.4, -0.2) is 37.5 Å². The largest absolute Gasteiger partial charge is 0.320 e. The minimum absolute atomic E-state index is 0.701. The van der Waals surface area contributed by atoms with Crippen molar-refractivity contribution in [2.24, 2.45) is 0 Å². The van der Waals surface area contributed by atoms with Gasteiger partial charge in [0.25, 0.3) is 0 Å². The molecule has 2 nitrogen and oxygen atoms in total. The smallest absolute Gasteiger partial charge is 0.174 e. The maximum atomic E-state index is 11.1. The predicted octanol–water partition coefficient (Wildman–Crippen LogP) is 6.91. The van der Waals surface area contributed by atoms with Gasteiger partial charge in [0.1, 0.15) is 6.54 Å². The van der Waals surface area contributed by atoms with Crippen molar-refractivity contribution in [3.63, 3.8) is 0 Å². The first kappa shape index (κ1) is 24.6. The Hall–Kier alpha value is -0.370. The molecule has 0 radical (unpaired) electrons. The SMILES string of the molecule is CCCCCCCCCC[N+](C)(CC=O)CCCCCCCCCC. The van der Waals surface area contributed by atoms with Gasteiger partial charge in [0, 0.05) is 0 Å². The third kappa shape index (κ3) is 16.8. The summed E-state index contributed by atoms with van der Waals surface area (Å²) in [6, 6.07) is 0. The van der Waals surface area contributed by atoms with Crippen molar-refractivity contribution in [3.8, 4) is 0 Å². The summed E-state index contributed by atoms with van der Waals surface area (Å²) in [5.41, 5.74) is 0. The lowest BCUT2D eigenvalue weighted by Crippen LogP contribution is -2.46. The van der Waals surface area contributed by atoms with Crippen LogP contribution in [0.4, 0.5) is 0 Å². The van der Waals surface area contributed by atoms with Crippen LogP contribution < -0.4 is 0 Å². The zero-order chi connectivity index (χ0) is 18.6. The Morgan fingerprint density at radius 1 is 0.560 bits per heavy atom. The van der Waals surface area contributed by atoms with Crippen molar-refractivity contribution in [2.45, 2.75) is 117 Å². The molecular weight excluding hydrogens is 306 g/mol. The number of unbranched alkanes of at least 4 members (excludes halogenated alkanes) is 14. The summed E-state index contributed by atoms with van der Waals surface area (Å²) >= 11 is 0. The number of nitrogens with zero attached hydrogens (tertiary/aromatic N) is 1. The molecule has 0 aromatic heterocycles. The van der Waals surface area contributed by atoms with Crippen LogP contribution in [0.3, 0.4) is 0 Å². The second kappa shape index (κ2) is 18.4. The van der Waals surface area contributed by atoms with Crippen molar-refractivity contribution in [2.75, 3.05) is 26.7 Å². The second-order valence-corrected chi connectivity index (χ2v) is 8.37. The average Bonchev–Trinajstić information content (AvgIpc) is 2.60. The van der Waals surface area contributed by atoms with Crippen LogP contribution in [0.1, 0.15) is 117 Å². The molecule has 0 spiro atoms. The van der Waals surface area contributed by atoms with E-state index in [9.17, 15) is 4.79 Å². The number of hydrogen-bond acceptors (Lipinski definition) is 1. The summed E-state index contributed by atoms with van der Waals surface area (Å²) in [5.74, 6) is 0. The number of hydrogen-bond donors (Lipinski definition) is 0. The summed E-state index contributed by atoms with van der Waals surface area (Å²) in [4.78, 5) is 11.1. The molecule has 0 aliphatic rings. The average molecular weight is 355 g/mol. The molecule has 0 atom stereocenters. The third-order valence-corrected chi connectivity index (χ3v) is 5.62. The standard InChI is InChI=1S/C23H48NO/c1-4-6-8-10-12-14-16-18-20-24(3,22-23-25)21-19-17-15-13-11-9-7-5-2/h23H,4-22H2,1-3H3/q+1. The van der Waals surface area contributed by atoms with Crippen LogP contribution in [0.25, 0.3) is 0 Å². The fourth-order valence-electron chi connectivity index (χ4n) is 3.73. The van der Waals surface area contributed by atoms with E-state index < -0.39 is 0 Å². The van der Waals surface area contributed by atoms with Crippen LogP contribution in [0, 0.1) is 0 Å². The van der Waals surface area contributed by atoms with Crippen molar-refractivity contribution in [3.05, 3.63) is 0 Å². The van der Waals surface area contributed by atoms with Crippen LogP contribution in [-0.2, 0) is 4.79 Å². The Balaban J connectivity index is 3.68. The highest BCUT2D eigenvalue weighted by Gasteiger charge is 2.19. The van der Waals surface area contributed by atoms with E-state index in [-0.39, 0.29) is 0 Å². The molecule has 0 aromatic carbocycles. The predicted molar refractivity (Wildman–Crippen MR) is 112 cm³/mol. The molecule has 0 amide bonds. The first-order valence-electron chi connectivity index (χ1n) is 11.5. The fraction of sp³-hybridized carbons (Fsp3) is 0.957. The number of carbonyl (C=O) groups is 1. The van der Waals surface area contributed by atoms with Crippen molar-refractivity contribution in [1.82, 2.24) is 0 Å². The van der Waals surface area contributed by atoms with E-state index in [1.807, 2.05) is 0 Å². The van der Waals surface area contributed by atoms with E-state index in [4.69, 9.17) is 0 Å². The summed E-state index contributed by atoms with van der Waals surface area (Å²) in [7, 11) is 2.29. The Labute approximate surface area is 159 Å². The van der Waals surface area contributed by atoms with Crippen molar-refractivity contribution in [1.29, 1.82) is 0 Å². The van der Waals surface area contributed by atoms with Gasteiger partial charge >= 0.3 is 0 Å². The molecule has 2 heteroatoms. The van der Waals surface area contributed by atoms with E-state index in [2.05, 4.69) is 20.9 Å². The molecule has 150 valence electrons. The quantitative estimate of drug-likeness (QED) is 0.132. The molecular formula is C23H48NO+. The molecule has 0 saturated heterocycles. The maximum absolute atomic E-state index is 11.1. The molecule has 0 bridgehead atoms. The van der Waals surface area contributed by atoms with Gasteiger partial charge in [-0.1, -0.05) is 90.9 Å². The Bertz CT molecular complexity index is 257. The molecule has 0 aromatic rings. The monoisotopic (exact) mass is 354 g/mol. The van der Waals surface area contributed by atoms with E-state index in [1.54, 1.807) is 0 Å². The molecule has 0 aliphatic heterocycles. The maximum Gasteiger partial charge on any atom is 0.174 e. The molecule has 0 N–H and O–H groups in total. The first-order chi connectivity index (χ1) is 12.2. The molecule has 0 fully saturated rings. The van der Waals surface area contributed by atoms with Crippen molar-refractivity contribution < 1.29 is 9.28 Å². The Kier molecular flexibility index (Phi) is 18.1. The lowest BCUT2D eigenvalue weighted by atomic mass is 10.1. The van der Waals surface area contributed by atoms with Gasteiger partial charge in [-0.3, -0.25) is 4.79 Å². The number of quaternary nitrogens is 1. The summed E-state index contributed by atoms with van der Waals surface area (Å²) < 4.78 is 0.967. The van der Waals surface area contributed by atoms with Crippen LogP contribution >= 0.6 is 0 Å². The Morgan fingerprint density at radius 3 is 1.20 bits per heavy atom. The van der Waals surface area contributed by atoms with Crippen LogP contribution in [0.15, 0.2) is 0 Å². The lowest BCUT2D eigenvalue weighted by Gasteiger charge is -2.33. The van der Waals surface area contributed by atoms with Gasteiger partial charge in [-0.2, -0.15) is 0 Å². The highest BCUT2D eigenvalue weighted by atomic mass is 16.1. The highest BCUT2D eigenvalue weighted by molar-refractivity contribution is 5.50. The van der Waals surface area contributed by atoms with Gasteiger partial charge in [-0.25, -0.2) is 0 Å². The summed E-state index contributed by atoms with van der Waals surface area (Å²) in [6.07, 6.45) is 23.0. The van der Waals surface area contributed by atoms with Gasteiger partial charge < -0.3 is 4.48 Å². The van der Waals surface area contributed by atoms with Gasteiger partial charge in [0.2, 0.25) is 0 Å². The minimum atomic E-state index is 0.701. The molecule has 0 heterocycles. The number of carbonyl (C=O) groups excluding carboxylic acids is 1. The van der Waals surface area contributed by atoms with Crippen LogP contribution in [0.2, 0.25) is 0 Å². The highest BCUT2D eigenvalue weighted by Crippen LogP contribution is 2.14. The van der Waals surface area contributed by atoms with Gasteiger partial charge in [-0.15, -0.1) is 0 Å². The Morgan fingerprint density at radius 2 is 0.880 bits per heavy atom. The number of aldehydes is 1. The lowest BCUT2D eigenvalue weighted by molar-refractivity contribution is -0.901. The van der Waals surface area contributed by atoms with Crippen molar-refractivity contribution >= 4 is 6.29 Å². The molecule has 0 saturated carbocycles. The number of rotatable bonds is 20.